The van der Waals surface area contributed by atoms with Crippen LogP contribution < -0.4 is 0 Å². The molecule has 134 valence electrons. The lowest BCUT2D eigenvalue weighted by Crippen LogP contribution is -2.22. The van der Waals surface area contributed by atoms with Gasteiger partial charge in [0.2, 0.25) is 0 Å². The van der Waals surface area contributed by atoms with Gasteiger partial charge in [0.05, 0.1) is 24.2 Å². The van der Waals surface area contributed by atoms with E-state index < -0.39 is 15.9 Å². The molecule has 1 saturated heterocycles. The molecule has 5 nitrogen and oxygen atoms in total. The van der Waals surface area contributed by atoms with Gasteiger partial charge in [-0.05, 0) is 37.1 Å². The third-order valence-electron chi connectivity index (χ3n) is 4.00. The molecule has 0 spiro atoms. The smallest absolute Gasteiger partial charge is 0.296 e. The Labute approximate surface area is 148 Å². The first-order valence-electron chi connectivity index (χ1n) is 8.22. The fourth-order valence-corrected chi connectivity index (χ4v) is 3.63. The molecule has 0 unspecified atom stereocenters. The van der Waals surface area contributed by atoms with Crippen LogP contribution in [0.4, 0.5) is 0 Å². The summed E-state index contributed by atoms with van der Waals surface area (Å²) in [6.07, 6.45) is 0.316. The topological polar surface area (TPSA) is 61.8 Å². The minimum absolute atomic E-state index is 0.0624. The van der Waals surface area contributed by atoms with Crippen LogP contribution in [0.3, 0.4) is 0 Å². The lowest BCUT2D eigenvalue weighted by atomic mass is 10.1. The van der Waals surface area contributed by atoms with Gasteiger partial charge in [-0.2, -0.15) is 8.42 Å². The maximum absolute atomic E-state index is 12.3. The highest BCUT2D eigenvalue weighted by atomic mass is 32.2. The molecule has 2 aromatic rings. The van der Waals surface area contributed by atoms with Gasteiger partial charge in [0, 0.05) is 6.42 Å². The quantitative estimate of drug-likeness (QED) is 0.735. The fourth-order valence-electron chi connectivity index (χ4n) is 2.71. The van der Waals surface area contributed by atoms with Crippen LogP contribution in [0.5, 0.6) is 0 Å². The molecule has 1 aliphatic heterocycles. The van der Waals surface area contributed by atoms with Crippen LogP contribution in [-0.2, 0) is 23.8 Å². The standard InChI is InChI=1S/C19H22O5S/c1-19(2)22-14-17(24-19)12-13-23-25(20,21)18-10-8-16(9-11-18)15-6-4-3-5-7-15/h3-11,17H,12-14H2,1-2H3/t17-/m0/s1. The van der Waals surface area contributed by atoms with Crippen molar-refractivity contribution in [2.45, 2.75) is 37.1 Å². The van der Waals surface area contributed by atoms with E-state index in [1.807, 2.05) is 44.2 Å². The molecule has 0 bridgehead atoms. The SMILES string of the molecule is CC1(C)OC[C@H](CCOS(=O)(=O)c2ccc(-c3ccccc3)cc2)O1. The average molecular weight is 362 g/mol. The van der Waals surface area contributed by atoms with Gasteiger partial charge < -0.3 is 9.47 Å². The Morgan fingerprint density at radius 3 is 2.28 bits per heavy atom. The minimum Gasteiger partial charge on any atom is -0.348 e. The summed E-state index contributed by atoms with van der Waals surface area (Å²) in [6, 6.07) is 16.5. The summed E-state index contributed by atoms with van der Waals surface area (Å²) in [5, 5.41) is 0. The van der Waals surface area contributed by atoms with Crippen LogP contribution in [0.2, 0.25) is 0 Å². The zero-order valence-electron chi connectivity index (χ0n) is 14.3. The van der Waals surface area contributed by atoms with E-state index in [9.17, 15) is 8.42 Å². The molecule has 1 fully saturated rings. The first-order valence-corrected chi connectivity index (χ1v) is 9.63. The summed E-state index contributed by atoms with van der Waals surface area (Å²) in [7, 11) is -3.78. The number of rotatable bonds is 6. The Kier molecular flexibility index (Phi) is 5.24. The van der Waals surface area contributed by atoms with Crippen molar-refractivity contribution >= 4 is 10.1 Å². The number of hydrogen-bond acceptors (Lipinski definition) is 5. The van der Waals surface area contributed by atoms with Crippen molar-refractivity contribution in [1.29, 1.82) is 0 Å². The molecule has 6 heteroatoms. The van der Waals surface area contributed by atoms with Gasteiger partial charge in [0.25, 0.3) is 10.1 Å². The summed E-state index contributed by atoms with van der Waals surface area (Å²) >= 11 is 0. The van der Waals surface area contributed by atoms with Crippen LogP contribution >= 0.6 is 0 Å². The van der Waals surface area contributed by atoms with Crippen LogP contribution in [0.15, 0.2) is 59.5 Å². The van der Waals surface area contributed by atoms with E-state index in [1.165, 1.54) is 0 Å². The largest absolute Gasteiger partial charge is 0.348 e. The molecule has 1 heterocycles. The van der Waals surface area contributed by atoms with Crippen molar-refractivity contribution in [2.24, 2.45) is 0 Å². The highest BCUT2D eigenvalue weighted by molar-refractivity contribution is 7.86. The molecular formula is C19H22O5S. The van der Waals surface area contributed by atoms with Crippen LogP contribution in [0.1, 0.15) is 20.3 Å². The van der Waals surface area contributed by atoms with Gasteiger partial charge in [0.1, 0.15) is 0 Å². The van der Waals surface area contributed by atoms with Crippen molar-refractivity contribution in [3.05, 3.63) is 54.6 Å². The Morgan fingerprint density at radius 1 is 1.04 bits per heavy atom. The van der Waals surface area contributed by atoms with Crippen LogP contribution in [0, 0.1) is 0 Å². The van der Waals surface area contributed by atoms with E-state index in [-0.39, 0.29) is 17.6 Å². The van der Waals surface area contributed by atoms with E-state index in [1.54, 1.807) is 24.3 Å². The lowest BCUT2D eigenvalue weighted by Gasteiger charge is -2.16. The molecule has 1 aliphatic rings. The Hall–Kier alpha value is -1.73. The van der Waals surface area contributed by atoms with E-state index in [4.69, 9.17) is 13.7 Å². The molecule has 0 aromatic heterocycles. The zero-order valence-corrected chi connectivity index (χ0v) is 15.2. The van der Waals surface area contributed by atoms with Crippen molar-refractivity contribution in [3.63, 3.8) is 0 Å². The zero-order chi connectivity index (χ0) is 17.9. The first kappa shape index (κ1) is 18.1. The molecule has 0 radical (unpaired) electrons. The maximum atomic E-state index is 12.3. The fraction of sp³-hybridized carbons (Fsp3) is 0.368. The third-order valence-corrected chi connectivity index (χ3v) is 5.32. The summed E-state index contributed by atoms with van der Waals surface area (Å²) in [4.78, 5) is 0.149. The van der Waals surface area contributed by atoms with Gasteiger partial charge in [-0.3, -0.25) is 4.18 Å². The van der Waals surface area contributed by atoms with E-state index in [2.05, 4.69) is 0 Å². The molecule has 1 atom stereocenters. The molecule has 0 amide bonds. The number of benzene rings is 2. The second kappa shape index (κ2) is 7.25. The lowest BCUT2D eigenvalue weighted by molar-refractivity contribution is -0.139. The molecule has 0 saturated carbocycles. The molecule has 0 N–H and O–H groups in total. The highest BCUT2D eigenvalue weighted by Crippen LogP contribution is 2.25. The van der Waals surface area contributed by atoms with Gasteiger partial charge in [-0.1, -0.05) is 42.5 Å². The van der Waals surface area contributed by atoms with Gasteiger partial charge >= 0.3 is 0 Å². The molecule has 25 heavy (non-hydrogen) atoms. The Bertz CT molecular complexity index is 797. The monoisotopic (exact) mass is 362 g/mol. The minimum atomic E-state index is -3.78. The second-order valence-corrected chi connectivity index (χ2v) is 8.02. The van der Waals surface area contributed by atoms with Crippen LogP contribution in [-0.4, -0.2) is 33.5 Å². The van der Waals surface area contributed by atoms with Crippen molar-refractivity contribution < 1.29 is 22.1 Å². The first-order chi connectivity index (χ1) is 11.9. The van der Waals surface area contributed by atoms with Gasteiger partial charge in [-0.15, -0.1) is 0 Å². The second-order valence-electron chi connectivity index (χ2n) is 6.41. The number of ether oxygens (including phenoxy) is 2. The Morgan fingerprint density at radius 2 is 1.68 bits per heavy atom. The summed E-state index contributed by atoms with van der Waals surface area (Å²) in [5.74, 6) is -0.614. The van der Waals surface area contributed by atoms with Gasteiger partial charge in [0.15, 0.2) is 5.79 Å². The number of hydrogen-bond donors (Lipinski definition) is 0. The van der Waals surface area contributed by atoms with E-state index in [0.29, 0.717) is 13.0 Å². The predicted molar refractivity (Wildman–Crippen MR) is 94.5 cm³/mol. The molecular weight excluding hydrogens is 340 g/mol. The van der Waals surface area contributed by atoms with Crippen molar-refractivity contribution in [1.82, 2.24) is 0 Å². The molecule has 3 rings (SSSR count). The predicted octanol–water partition coefficient (Wildman–Crippen LogP) is 3.60. The Balaban J connectivity index is 1.59. The summed E-state index contributed by atoms with van der Waals surface area (Å²) < 4.78 is 40.8. The maximum Gasteiger partial charge on any atom is 0.296 e. The molecule has 0 aliphatic carbocycles. The molecule has 2 aromatic carbocycles. The third kappa shape index (κ3) is 4.67. The normalized spacial score (nSPS) is 19.8. The average Bonchev–Trinajstić information content (AvgIpc) is 2.94. The van der Waals surface area contributed by atoms with Gasteiger partial charge in [-0.25, -0.2) is 0 Å². The van der Waals surface area contributed by atoms with E-state index >= 15 is 0 Å². The van der Waals surface area contributed by atoms with Crippen molar-refractivity contribution in [2.75, 3.05) is 13.2 Å². The van der Waals surface area contributed by atoms with E-state index in [0.717, 1.165) is 11.1 Å². The summed E-state index contributed by atoms with van der Waals surface area (Å²) in [5.41, 5.74) is 1.99. The highest BCUT2D eigenvalue weighted by Gasteiger charge is 2.32. The van der Waals surface area contributed by atoms with Crippen molar-refractivity contribution in [3.8, 4) is 11.1 Å². The summed E-state index contributed by atoms with van der Waals surface area (Å²) in [6.45, 7) is 4.17. The van der Waals surface area contributed by atoms with Crippen LogP contribution in [0.25, 0.3) is 11.1 Å².